The van der Waals surface area contributed by atoms with Crippen LogP contribution in [0.3, 0.4) is 0 Å². The zero-order valence-corrected chi connectivity index (χ0v) is 13.5. The number of piperidine rings is 1. The van der Waals surface area contributed by atoms with E-state index in [0.717, 1.165) is 23.2 Å². The molecule has 1 aliphatic rings. The lowest BCUT2D eigenvalue weighted by Crippen LogP contribution is -2.41. The molecule has 0 saturated carbocycles. The van der Waals surface area contributed by atoms with Gasteiger partial charge in [-0.15, -0.1) is 11.3 Å². The molecule has 2 rings (SSSR count). The predicted octanol–water partition coefficient (Wildman–Crippen LogP) is 4.29. The van der Waals surface area contributed by atoms with E-state index in [1.54, 1.807) is 11.3 Å². The van der Waals surface area contributed by atoms with E-state index in [-0.39, 0.29) is 6.42 Å². The first kappa shape index (κ1) is 15.0. The van der Waals surface area contributed by atoms with Crippen LogP contribution in [-0.2, 0) is 4.79 Å². The zero-order valence-electron chi connectivity index (χ0n) is 11.1. The van der Waals surface area contributed by atoms with Crippen LogP contribution in [0.15, 0.2) is 15.9 Å². The minimum atomic E-state index is -0.683. The third kappa shape index (κ3) is 4.04. The van der Waals surface area contributed by atoms with Crippen LogP contribution in [0.4, 0.5) is 0 Å². The molecule has 1 aromatic heterocycles. The summed E-state index contributed by atoms with van der Waals surface area (Å²) in [5, 5.41) is 8.87. The van der Waals surface area contributed by atoms with Crippen molar-refractivity contribution in [1.29, 1.82) is 0 Å². The minimum Gasteiger partial charge on any atom is -0.481 e. The Morgan fingerprint density at radius 3 is 3.00 bits per heavy atom. The first-order chi connectivity index (χ1) is 9.08. The highest BCUT2D eigenvalue weighted by Gasteiger charge is 2.28. The van der Waals surface area contributed by atoms with Crippen molar-refractivity contribution in [3.8, 4) is 0 Å². The van der Waals surface area contributed by atoms with Crippen LogP contribution in [-0.4, -0.2) is 28.6 Å². The van der Waals surface area contributed by atoms with Crippen LogP contribution in [0.5, 0.6) is 0 Å². The van der Waals surface area contributed by atoms with Gasteiger partial charge in [-0.3, -0.25) is 9.69 Å². The highest BCUT2D eigenvalue weighted by Crippen LogP contribution is 2.35. The van der Waals surface area contributed by atoms with Gasteiger partial charge in [0.1, 0.15) is 0 Å². The Morgan fingerprint density at radius 1 is 1.58 bits per heavy atom. The Kier molecular flexibility index (Phi) is 5.42. The maximum absolute atomic E-state index is 10.8. The molecule has 2 unspecified atom stereocenters. The standard InChI is InChI=1S/C14H20BrNO2S/c1-10(12-6-7-13(15)19-12)16-9-3-2-4-11(16)5-8-14(17)18/h6-7,10-11H,2-5,8-9H2,1H3,(H,17,18). The number of carboxylic acids is 1. The van der Waals surface area contributed by atoms with Gasteiger partial charge in [0, 0.05) is 23.4 Å². The van der Waals surface area contributed by atoms with Gasteiger partial charge in [0.15, 0.2) is 0 Å². The van der Waals surface area contributed by atoms with E-state index < -0.39 is 5.97 Å². The van der Waals surface area contributed by atoms with Crippen molar-refractivity contribution in [2.75, 3.05) is 6.54 Å². The predicted molar refractivity (Wildman–Crippen MR) is 81.6 cm³/mol. The zero-order chi connectivity index (χ0) is 13.8. The first-order valence-electron chi connectivity index (χ1n) is 6.80. The van der Waals surface area contributed by atoms with E-state index in [9.17, 15) is 4.79 Å². The number of hydrogen-bond donors (Lipinski definition) is 1. The lowest BCUT2D eigenvalue weighted by molar-refractivity contribution is -0.137. The molecule has 1 fully saturated rings. The topological polar surface area (TPSA) is 40.5 Å². The number of nitrogens with zero attached hydrogens (tertiary/aromatic N) is 1. The summed E-state index contributed by atoms with van der Waals surface area (Å²) in [5.74, 6) is -0.683. The molecule has 2 atom stereocenters. The number of likely N-dealkylation sites (tertiary alicyclic amines) is 1. The summed E-state index contributed by atoms with van der Waals surface area (Å²) in [6.45, 7) is 3.32. The van der Waals surface area contributed by atoms with Crippen molar-refractivity contribution in [2.24, 2.45) is 0 Å². The number of hydrogen-bond acceptors (Lipinski definition) is 3. The Morgan fingerprint density at radius 2 is 2.37 bits per heavy atom. The molecule has 106 valence electrons. The number of rotatable bonds is 5. The number of carboxylic acid groups (broad SMARTS) is 1. The van der Waals surface area contributed by atoms with Crippen LogP contribution < -0.4 is 0 Å². The molecule has 1 aliphatic heterocycles. The Bertz CT molecular complexity index is 435. The first-order valence-corrected chi connectivity index (χ1v) is 8.41. The van der Waals surface area contributed by atoms with Crippen molar-refractivity contribution in [3.05, 3.63) is 20.8 Å². The summed E-state index contributed by atoms with van der Waals surface area (Å²) in [4.78, 5) is 14.6. The van der Waals surface area contributed by atoms with E-state index in [1.165, 1.54) is 17.7 Å². The monoisotopic (exact) mass is 345 g/mol. The third-order valence-corrected chi connectivity index (χ3v) is 5.66. The quantitative estimate of drug-likeness (QED) is 0.865. The molecule has 0 spiro atoms. The van der Waals surface area contributed by atoms with Crippen LogP contribution in [0, 0.1) is 0 Å². The average Bonchev–Trinajstić information content (AvgIpc) is 2.82. The van der Waals surface area contributed by atoms with Gasteiger partial charge in [-0.1, -0.05) is 6.42 Å². The lowest BCUT2D eigenvalue weighted by Gasteiger charge is -2.39. The van der Waals surface area contributed by atoms with Crippen molar-refractivity contribution < 1.29 is 9.90 Å². The molecule has 2 heterocycles. The van der Waals surface area contributed by atoms with Crippen molar-refractivity contribution in [3.63, 3.8) is 0 Å². The molecule has 1 aromatic rings. The molecule has 0 aliphatic carbocycles. The molecule has 19 heavy (non-hydrogen) atoms. The van der Waals surface area contributed by atoms with E-state index in [0.29, 0.717) is 12.1 Å². The minimum absolute atomic E-state index is 0.280. The second-order valence-corrected chi connectivity index (χ2v) is 7.63. The summed E-state index contributed by atoms with van der Waals surface area (Å²) in [6, 6.07) is 5.06. The van der Waals surface area contributed by atoms with Gasteiger partial charge >= 0.3 is 5.97 Å². The van der Waals surface area contributed by atoms with E-state index in [2.05, 4.69) is 39.9 Å². The van der Waals surface area contributed by atoms with Crippen molar-refractivity contribution in [2.45, 2.75) is 51.1 Å². The number of halogens is 1. The molecule has 0 bridgehead atoms. The van der Waals surface area contributed by atoms with Gasteiger partial charge in [0.2, 0.25) is 0 Å². The Hall–Kier alpha value is -0.390. The van der Waals surface area contributed by atoms with Crippen molar-refractivity contribution in [1.82, 2.24) is 4.90 Å². The number of carbonyl (C=O) groups is 1. The number of thiophene rings is 1. The van der Waals surface area contributed by atoms with Gasteiger partial charge in [-0.2, -0.15) is 0 Å². The molecule has 1 N–H and O–H groups in total. The van der Waals surface area contributed by atoms with Gasteiger partial charge in [0.05, 0.1) is 3.79 Å². The molecule has 0 radical (unpaired) electrons. The lowest BCUT2D eigenvalue weighted by atomic mass is 9.96. The maximum Gasteiger partial charge on any atom is 0.303 e. The molecule has 0 aromatic carbocycles. The molecule has 1 saturated heterocycles. The average molecular weight is 346 g/mol. The highest BCUT2D eigenvalue weighted by atomic mass is 79.9. The van der Waals surface area contributed by atoms with Crippen LogP contribution in [0.1, 0.15) is 49.9 Å². The second-order valence-electron chi connectivity index (χ2n) is 5.14. The molecular weight excluding hydrogens is 326 g/mol. The molecular formula is C14H20BrNO2S. The fourth-order valence-electron chi connectivity index (χ4n) is 2.85. The summed E-state index contributed by atoms with van der Waals surface area (Å²) >= 11 is 5.29. The van der Waals surface area contributed by atoms with Crippen molar-refractivity contribution >= 4 is 33.2 Å². The van der Waals surface area contributed by atoms with Crippen LogP contribution in [0.25, 0.3) is 0 Å². The fourth-order valence-corrected chi connectivity index (χ4v) is 4.35. The van der Waals surface area contributed by atoms with E-state index in [1.807, 2.05) is 0 Å². The highest BCUT2D eigenvalue weighted by molar-refractivity contribution is 9.11. The van der Waals surface area contributed by atoms with Gasteiger partial charge in [-0.25, -0.2) is 0 Å². The van der Waals surface area contributed by atoms with E-state index >= 15 is 0 Å². The molecule has 5 heteroatoms. The summed E-state index contributed by atoms with van der Waals surface area (Å²) in [7, 11) is 0. The Balaban J connectivity index is 2.03. The van der Waals surface area contributed by atoms with Crippen LogP contribution >= 0.6 is 27.3 Å². The van der Waals surface area contributed by atoms with Crippen LogP contribution in [0.2, 0.25) is 0 Å². The SMILES string of the molecule is CC(c1ccc(Br)s1)N1CCCCC1CCC(=O)O. The second kappa shape index (κ2) is 6.86. The van der Waals surface area contributed by atoms with Gasteiger partial charge in [-0.05, 0) is 60.8 Å². The summed E-state index contributed by atoms with van der Waals surface area (Å²) in [6.07, 6.45) is 4.63. The van der Waals surface area contributed by atoms with E-state index in [4.69, 9.17) is 5.11 Å². The molecule has 3 nitrogen and oxygen atoms in total. The Labute approximate surface area is 126 Å². The van der Waals surface area contributed by atoms with Gasteiger partial charge < -0.3 is 5.11 Å². The maximum atomic E-state index is 10.8. The molecule has 0 amide bonds. The summed E-state index contributed by atoms with van der Waals surface area (Å²) in [5.41, 5.74) is 0. The fraction of sp³-hybridized carbons (Fsp3) is 0.643. The van der Waals surface area contributed by atoms with Gasteiger partial charge in [0.25, 0.3) is 0 Å². The smallest absolute Gasteiger partial charge is 0.303 e. The summed E-state index contributed by atoms with van der Waals surface area (Å²) < 4.78 is 1.16. The largest absolute Gasteiger partial charge is 0.481 e. The normalized spacial score (nSPS) is 22.3. The number of aliphatic carboxylic acids is 1. The third-order valence-electron chi connectivity index (χ3n) is 3.87.